The molecule has 1 aliphatic heterocycles. The maximum Gasteiger partial charge on any atom is 0.410 e. The van der Waals surface area contributed by atoms with E-state index in [1.807, 2.05) is 69.5 Å². The summed E-state index contributed by atoms with van der Waals surface area (Å²) in [6.07, 6.45) is 0.649. The van der Waals surface area contributed by atoms with Gasteiger partial charge in [0, 0.05) is 35.1 Å². The Hall–Kier alpha value is -3.24. The molecule has 4 aromatic rings. The smallest absolute Gasteiger partial charge is 0.410 e. The molecule has 5 rings (SSSR count). The minimum absolute atomic E-state index is 0.269. The third kappa shape index (κ3) is 5.26. The lowest BCUT2D eigenvalue weighted by atomic mass is 10.1. The number of hydrogen-bond acceptors (Lipinski definition) is 7. The van der Waals surface area contributed by atoms with Crippen molar-refractivity contribution in [3.63, 3.8) is 0 Å². The number of amides is 1. The van der Waals surface area contributed by atoms with Crippen molar-refractivity contribution in [1.82, 2.24) is 19.0 Å². The van der Waals surface area contributed by atoms with E-state index in [9.17, 15) is 14.4 Å². The number of ether oxygens (including phenoxy) is 1. The average Bonchev–Trinajstić information content (AvgIpc) is 3.48. The fourth-order valence-electron chi connectivity index (χ4n) is 4.63. The van der Waals surface area contributed by atoms with Crippen molar-refractivity contribution < 1.29 is 9.53 Å². The number of piperidine rings is 1. The first-order chi connectivity index (χ1) is 17.6. The predicted octanol–water partition coefficient (Wildman–Crippen LogP) is 5.28. The van der Waals surface area contributed by atoms with Crippen LogP contribution in [0.3, 0.4) is 0 Å². The first-order valence-corrected chi connectivity index (χ1v) is 14.0. The van der Waals surface area contributed by atoms with Crippen LogP contribution in [-0.4, -0.2) is 43.8 Å². The maximum absolute atomic E-state index is 13.9. The molecule has 0 atom stereocenters. The van der Waals surface area contributed by atoms with Gasteiger partial charge in [-0.1, -0.05) is 30.3 Å². The van der Waals surface area contributed by atoms with Gasteiger partial charge in [-0.15, -0.1) is 22.7 Å². The van der Waals surface area contributed by atoms with Crippen molar-refractivity contribution in [2.45, 2.75) is 58.7 Å². The van der Waals surface area contributed by atoms with Crippen molar-refractivity contribution in [3.8, 4) is 10.4 Å². The molecule has 0 saturated carbocycles. The highest BCUT2D eigenvalue weighted by molar-refractivity contribution is 7.22. The zero-order chi connectivity index (χ0) is 26.3. The molecule has 0 unspecified atom stereocenters. The third-order valence-corrected chi connectivity index (χ3v) is 8.47. The zero-order valence-electron chi connectivity index (χ0n) is 21.4. The van der Waals surface area contributed by atoms with Gasteiger partial charge in [-0.3, -0.25) is 13.9 Å². The van der Waals surface area contributed by atoms with E-state index in [2.05, 4.69) is 4.98 Å². The first-order valence-electron chi connectivity index (χ1n) is 12.3. The molecule has 0 N–H and O–H groups in total. The molecule has 10 heteroatoms. The summed E-state index contributed by atoms with van der Waals surface area (Å²) in [6, 6.07) is 11.5. The highest BCUT2D eigenvalue weighted by atomic mass is 32.1. The molecular formula is C27H30N4O4S2. The van der Waals surface area contributed by atoms with E-state index >= 15 is 0 Å². The number of hydrogen-bond donors (Lipinski definition) is 0. The van der Waals surface area contributed by atoms with Crippen LogP contribution in [-0.2, 0) is 11.3 Å². The summed E-state index contributed by atoms with van der Waals surface area (Å²) in [5.41, 5.74) is 1.36. The lowest BCUT2D eigenvalue weighted by molar-refractivity contribution is 0.0186. The van der Waals surface area contributed by atoms with Gasteiger partial charge in [-0.05, 0) is 52.2 Å². The molecule has 1 fully saturated rings. The quantitative estimate of drug-likeness (QED) is 0.353. The number of benzene rings is 1. The van der Waals surface area contributed by atoms with Gasteiger partial charge in [-0.2, -0.15) is 0 Å². The van der Waals surface area contributed by atoms with E-state index in [1.165, 1.54) is 27.2 Å². The van der Waals surface area contributed by atoms with Gasteiger partial charge >= 0.3 is 11.8 Å². The van der Waals surface area contributed by atoms with Crippen LogP contribution in [0.5, 0.6) is 0 Å². The lowest BCUT2D eigenvalue weighted by Gasteiger charge is -2.34. The van der Waals surface area contributed by atoms with Crippen LogP contribution >= 0.6 is 22.7 Å². The second kappa shape index (κ2) is 9.90. The number of thiazole rings is 1. The van der Waals surface area contributed by atoms with Gasteiger partial charge in [0.2, 0.25) is 0 Å². The molecule has 3 aromatic heterocycles. The van der Waals surface area contributed by atoms with Crippen molar-refractivity contribution in [1.29, 1.82) is 0 Å². The molecule has 1 aliphatic rings. The van der Waals surface area contributed by atoms with Crippen LogP contribution in [0.4, 0.5) is 4.79 Å². The van der Waals surface area contributed by atoms with Gasteiger partial charge in [0.05, 0.1) is 12.1 Å². The van der Waals surface area contributed by atoms with Crippen LogP contribution in [0.2, 0.25) is 0 Å². The summed E-state index contributed by atoms with van der Waals surface area (Å²) >= 11 is 2.92. The first kappa shape index (κ1) is 25.4. The summed E-state index contributed by atoms with van der Waals surface area (Å²) in [5.74, 6) is 0. The van der Waals surface area contributed by atoms with Gasteiger partial charge in [0.15, 0.2) is 0 Å². The van der Waals surface area contributed by atoms with Crippen LogP contribution in [0.1, 0.15) is 50.4 Å². The molecule has 0 aliphatic carbocycles. The molecule has 1 amide bonds. The minimum atomic E-state index is -0.576. The van der Waals surface area contributed by atoms with Gasteiger partial charge in [-0.25, -0.2) is 14.6 Å². The van der Waals surface area contributed by atoms with E-state index in [-0.39, 0.29) is 23.4 Å². The monoisotopic (exact) mass is 538 g/mol. The second-order valence-electron chi connectivity index (χ2n) is 10.3. The predicted molar refractivity (Wildman–Crippen MR) is 148 cm³/mol. The van der Waals surface area contributed by atoms with Gasteiger partial charge in [0.25, 0.3) is 5.56 Å². The van der Waals surface area contributed by atoms with E-state index in [0.717, 1.165) is 21.1 Å². The number of aromatic nitrogens is 3. The molecule has 1 saturated heterocycles. The zero-order valence-corrected chi connectivity index (χ0v) is 23.0. The highest BCUT2D eigenvalue weighted by Gasteiger charge is 2.30. The number of carbonyl (C=O) groups is 1. The number of thiophene rings is 1. The van der Waals surface area contributed by atoms with Crippen LogP contribution in [0.25, 0.3) is 20.7 Å². The Morgan fingerprint density at radius 1 is 1.14 bits per heavy atom. The number of likely N-dealkylation sites (tertiary alicyclic amines) is 1. The topological polar surface area (TPSA) is 86.4 Å². The average molecular weight is 539 g/mol. The summed E-state index contributed by atoms with van der Waals surface area (Å²) in [5, 5.41) is 2.78. The van der Waals surface area contributed by atoms with E-state index < -0.39 is 5.60 Å². The molecule has 8 nitrogen and oxygen atoms in total. The Morgan fingerprint density at radius 3 is 2.46 bits per heavy atom. The number of aryl methyl sites for hydroxylation is 1. The standard InChI is InChI=1S/C27H30N4O4S2/c1-17-16-36-22(28-17)15-30-20-14-21(18-8-6-5-7-9-18)37-23(20)24(32)31(25(30)33)19-10-12-29(13-11-19)26(34)35-27(2,3)4/h5-9,14,16,19H,10-13,15H2,1-4H3. The summed E-state index contributed by atoms with van der Waals surface area (Å²) in [7, 11) is 0. The van der Waals surface area contributed by atoms with Crippen molar-refractivity contribution in [2.24, 2.45) is 0 Å². The molecule has 4 heterocycles. The fourth-order valence-corrected chi connectivity index (χ4v) is 6.49. The number of carbonyl (C=O) groups excluding carboxylic acids is 1. The molecule has 37 heavy (non-hydrogen) atoms. The lowest BCUT2D eigenvalue weighted by Crippen LogP contribution is -2.47. The normalized spacial score (nSPS) is 14.9. The Bertz CT molecular complexity index is 1550. The maximum atomic E-state index is 13.9. The third-order valence-electron chi connectivity index (χ3n) is 6.35. The molecular weight excluding hydrogens is 508 g/mol. The Morgan fingerprint density at radius 2 is 1.84 bits per heavy atom. The van der Waals surface area contributed by atoms with Crippen LogP contribution in [0.15, 0.2) is 51.4 Å². The van der Waals surface area contributed by atoms with Crippen LogP contribution < -0.4 is 11.2 Å². The summed E-state index contributed by atoms with van der Waals surface area (Å²) < 4.78 is 9.14. The highest BCUT2D eigenvalue weighted by Crippen LogP contribution is 2.32. The fraction of sp³-hybridized carbons (Fsp3) is 0.407. The van der Waals surface area contributed by atoms with E-state index in [4.69, 9.17) is 4.74 Å². The Kier molecular flexibility index (Phi) is 6.80. The second-order valence-corrected chi connectivity index (χ2v) is 12.3. The SMILES string of the molecule is Cc1csc(Cn2c(=O)n(C3CCN(C(=O)OC(C)(C)C)CC3)c(=O)c3sc(-c4ccccc4)cc32)n1. The molecule has 0 bridgehead atoms. The Balaban J connectivity index is 1.55. The van der Waals surface area contributed by atoms with Crippen molar-refractivity contribution >= 4 is 39.0 Å². The largest absolute Gasteiger partial charge is 0.444 e. The van der Waals surface area contributed by atoms with Gasteiger partial charge < -0.3 is 9.64 Å². The number of fused-ring (bicyclic) bond motifs is 1. The Labute approximate surface area is 222 Å². The molecule has 1 aromatic carbocycles. The van der Waals surface area contributed by atoms with Gasteiger partial charge in [0.1, 0.15) is 15.3 Å². The van der Waals surface area contributed by atoms with E-state index in [0.29, 0.717) is 42.7 Å². The number of nitrogens with zero attached hydrogens (tertiary/aromatic N) is 4. The van der Waals surface area contributed by atoms with Crippen molar-refractivity contribution in [3.05, 3.63) is 73.3 Å². The summed E-state index contributed by atoms with van der Waals surface area (Å²) in [4.78, 5) is 47.3. The summed E-state index contributed by atoms with van der Waals surface area (Å²) in [6.45, 7) is 8.59. The van der Waals surface area contributed by atoms with Crippen LogP contribution in [0, 0.1) is 6.92 Å². The molecule has 0 spiro atoms. The number of rotatable bonds is 4. The van der Waals surface area contributed by atoms with Crippen molar-refractivity contribution in [2.75, 3.05) is 13.1 Å². The molecule has 194 valence electrons. The molecule has 0 radical (unpaired) electrons. The van der Waals surface area contributed by atoms with E-state index in [1.54, 1.807) is 9.47 Å². The minimum Gasteiger partial charge on any atom is -0.444 e.